The summed E-state index contributed by atoms with van der Waals surface area (Å²) in [5.41, 5.74) is 1.22. The molecule has 0 aliphatic carbocycles. The maximum absolute atomic E-state index is 12.9. The summed E-state index contributed by atoms with van der Waals surface area (Å²) in [6, 6.07) is 12.4. The van der Waals surface area contributed by atoms with Crippen molar-refractivity contribution in [1.29, 1.82) is 0 Å². The highest BCUT2D eigenvalue weighted by molar-refractivity contribution is 7.89. The van der Waals surface area contributed by atoms with Gasteiger partial charge in [-0.2, -0.15) is 4.31 Å². The maximum Gasteiger partial charge on any atom is 0.255 e. The lowest BCUT2D eigenvalue weighted by Gasteiger charge is -2.34. The molecule has 0 spiro atoms. The van der Waals surface area contributed by atoms with E-state index in [0.717, 1.165) is 0 Å². The van der Waals surface area contributed by atoms with Crippen LogP contribution in [0.2, 0.25) is 0 Å². The topological polar surface area (TPSA) is 105 Å². The molecular formula is C22H27N3O5S. The third-order valence-electron chi connectivity index (χ3n) is 4.86. The summed E-state index contributed by atoms with van der Waals surface area (Å²) >= 11 is 0. The number of hydrogen-bond acceptors (Lipinski definition) is 5. The second kappa shape index (κ2) is 9.59. The summed E-state index contributed by atoms with van der Waals surface area (Å²) in [6.45, 7) is 6.59. The van der Waals surface area contributed by atoms with Gasteiger partial charge < -0.3 is 15.4 Å². The molecule has 1 saturated heterocycles. The van der Waals surface area contributed by atoms with Crippen LogP contribution in [0.3, 0.4) is 0 Å². The molecule has 166 valence electrons. The predicted molar refractivity (Wildman–Crippen MR) is 118 cm³/mol. The molecule has 1 aliphatic rings. The molecule has 1 aliphatic heterocycles. The lowest BCUT2D eigenvalue weighted by atomic mass is 10.1. The number of benzene rings is 2. The smallest absolute Gasteiger partial charge is 0.255 e. The molecule has 2 amide bonds. The normalized spacial score (nSPS) is 19.6. The maximum atomic E-state index is 12.9. The van der Waals surface area contributed by atoms with Gasteiger partial charge in [0, 0.05) is 36.4 Å². The van der Waals surface area contributed by atoms with E-state index < -0.39 is 15.9 Å². The predicted octanol–water partition coefficient (Wildman–Crippen LogP) is 2.49. The number of anilines is 1. The van der Waals surface area contributed by atoms with Crippen LogP contribution in [0.5, 0.6) is 0 Å². The molecule has 0 radical (unpaired) electrons. The number of amides is 2. The van der Waals surface area contributed by atoms with Crippen molar-refractivity contribution in [2.45, 2.75) is 37.9 Å². The Hall–Kier alpha value is -2.75. The molecule has 0 saturated carbocycles. The Labute approximate surface area is 182 Å². The van der Waals surface area contributed by atoms with Gasteiger partial charge in [-0.3, -0.25) is 9.59 Å². The highest BCUT2D eigenvalue weighted by Crippen LogP contribution is 2.22. The molecule has 1 fully saturated rings. The summed E-state index contributed by atoms with van der Waals surface area (Å²) in [5, 5.41) is 5.44. The standard InChI is InChI=1S/C22H27N3O5S/c1-4-23-21(26)18-6-5-7-19(12-18)24-22(27)17-8-10-20(11-9-17)31(28,29)25-13-15(2)30-16(3)14-25/h5-12,15-16H,4,13-14H2,1-3H3,(H,23,26)(H,24,27). The first kappa shape index (κ1) is 22.9. The average Bonchev–Trinajstić information content (AvgIpc) is 2.73. The van der Waals surface area contributed by atoms with Crippen molar-refractivity contribution in [2.75, 3.05) is 25.0 Å². The Kier molecular flexibility index (Phi) is 7.09. The van der Waals surface area contributed by atoms with Gasteiger partial charge in [0.15, 0.2) is 0 Å². The van der Waals surface area contributed by atoms with Gasteiger partial charge in [-0.05, 0) is 63.2 Å². The zero-order valence-corrected chi connectivity index (χ0v) is 18.6. The summed E-state index contributed by atoms with van der Waals surface area (Å²) in [6.07, 6.45) is -0.363. The Bertz CT molecular complexity index is 1040. The largest absolute Gasteiger partial charge is 0.373 e. The molecule has 2 atom stereocenters. The third kappa shape index (κ3) is 5.49. The molecule has 31 heavy (non-hydrogen) atoms. The number of rotatable bonds is 6. The summed E-state index contributed by atoms with van der Waals surface area (Å²) in [7, 11) is -3.67. The fraction of sp³-hybridized carbons (Fsp3) is 0.364. The fourth-order valence-electron chi connectivity index (χ4n) is 3.46. The number of carbonyl (C=O) groups excluding carboxylic acids is 2. The van der Waals surface area contributed by atoms with Crippen LogP contribution in [0.1, 0.15) is 41.5 Å². The van der Waals surface area contributed by atoms with E-state index in [-0.39, 0.29) is 36.1 Å². The second-order valence-corrected chi connectivity index (χ2v) is 9.44. The molecule has 2 N–H and O–H groups in total. The highest BCUT2D eigenvalue weighted by Gasteiger charge is 2.32. The van der Waals surface area contributed by atoms with Crippen molar-refractivity contribution in [3.8, 4) is 0 Å². The molecule has 3 rings (SSSR count). The molecule has 0 bridgehead atoms. The number of morpholine rings is 1. The quantitative estimate of drug-likeness (QED) is 0.711. The number of carbonyl (C=O) groups is 2. The van der Waals surface area contributed by atoms with Gasteiger partial charge in [0.2, 0.25) is 10.0 Å². The number of nitrogens with one attached hydrogen (secondary N) is 2. The molecule has 9 heteroatoms. The Morgan fingerprint density at radius 1 is 1.00 bits per heavy atom. The second-order valence-electron chi connectivity index (χ2n) is 7.50. The minimum atomic E-state index is -3.67. The molecule has 2 unspecified atom stereocenters. The fourth-order valence-corrected chi connectivity index (χ4v) is 5.05. The van der Waals surface area contributed by atoms with E-state index in [1.807, 2.05) is 20.8 Å². The Balaban J connectivity index is 1.72. The zero-order valence-electron chi connectivity index (χ0n) is 17.8. The number of nitrogens with zero attached hydrogens (tertiary/aromatic N) is 1. The van der Waals surface area contributed by atoms with Crippen molar-refractivity contribution in [3.63, 3.8) is 0 Å². The lowest BCUT2D eigenvalue weighted by Crippen LogP contribution is -2.48. The summed E-state index contributed by atoms with van der Waals surface area (Å²) in [5.74, 6) is -0.620. The van der Waals surface area contributed by atoms with Crippen molar-refractivity contribution in [1.82, 2.24) is 9.62 Å². The molecule has 2 aromatic carbocycles. The first-order chi connectivity index (χ1) is 14.7. The van der Waals surface area contributed by atoms with E-state index in [2.05, 4.69) is 10.6 Å². The van der Waals surface area contributed by atoms with Gasteiger partial charge in [-0.25, -0.2) is 8.42 Å². The Morgan fingerprint density at radius 3 is 2.26 bits per heavy atom. The van der Waals surface area contributed by atoms with Crippen LogP contribution in [0, 0.1) is 0 Å². The van der Waals surface area contributed by atoms with E-state index in [4.69, 9.17) is 4.74 Å². The van der Waals surface area contributed by atoms with Gasteiger partial charge in [-0.15, -0.1) is 0 Å². The van der Waals surface area contributed by atoms with Crippen LogP contribution in [0.15, 0.2) is 53.4 Å². The van der Waals surface area contributed by atoms with Gasteiger partial charge in [0.1, 0.15) is 0 Å². The lowest BCUT2D eigenvalue weighted by molar-refractivity contribution is -0.0440. The van der Waals surface area contributed by atoms with Crippen LogP contribution < -0.4 is 10.6 Å². The Morgan fingerprint density at radius 2 is 1.65 bits per heavy atom. The number of hydrogen-bond donors (Lipinski definition) is 2. The molecule has 0 aromatic heterocycles. The number of sulfonamides is 1. The van der Waals surface area contributed by atoms with Crippen LogP contribution in [-0.2, 0) is 14.8 Å². The molecule has 1 heterocycles. The average molecular weight is 446 g/mol. The molecule has 8 nitrogen and oxygen atoms in total. The highest BCUT2D eigenvalue weighted by atomic mass is 32.2. The minimum Gasteiger partial charge on any atom is -0.373 e. The first-order valence-corrected chi connectivity index (χ1v) is 11.6. The van der Waals surface area contributed by atoms with Crippen molar-refractivity contribution in [3.05, 3.63) is 59.7 Å². The van der Waals surface area contributed by atoms with Crippen LogP contribution in [-0.4, -0.2) is 56.4 Å². The first-order valence-electron chi connectivity index (χ1n) is 10.2. The molecular weight excluding hydrogens is 418 g/mol. The van der Waals surface area contributed by atoms with Gasteiger partial charge >= 0.3 is 0 Å². The monoisotopic (exact) mass is 445 g/mol. The SMILES string of the molecule is CCNC(=O)c1cccc(NC(=O)c2ccc(S(=O)(=O)N3CC(C)OC(C)C3)cc2)c1. The van der Waals surface area contributed by atoms with Crippen LogP contribution >= 0.6 is 0 Å². The van der Waals surface area contributed by atoms with Crippen molar-refractivity contribution >= 4 is 27.5 Å². The number of ether oxygens (including phenoxy) is 1. The molecule has 2 aromatic rings. The van der Waals surface area contributed by atoms with Crippen molar-refractivity contribution in [2.24, 2.45) is 0 Å². The summed E-state index contributed by atoms with van der Waals surface area (Å²) in [4.78, 5) is 24.7. The third-order valence-corrected chi connectivity index (χ3v) is 6.71. The van der Waals surface area contributed by atoms with Gasteiger partial charge in [0.25, 0.3) is 11.8 Å². The minimum absolute atomic E-state index is 0.128. The van der Waals surface area contributed by atoms with Crippen LogP contribution in [0.4, 0.5) is 5.69 Å². The van der Waals surface area contributed by atoms with E-state index in [9.17, 15) is 18.0 Å². The van der Waals surface area contributed by atoms with Crippen LogP contribution in [0.25, 0.3) is 0 Å². The van der Waals surface area contributed by atoms with E-state index in [1.54, 1.807) is 24.3 Å². The van der Waals surface area contributed by atoms with Crippen molar-refractivity contribution < 1.29 is 22.7 Å². The summed E-state index contributed by atoms with van der Waals surface area (Å²) < 4.78 is 32.9. The van der Waals surface area contributed by atoms with Gasteiger partial charge in [-0.1, -0.05) is 6.07 Å². The zero-order chi connectivity index (χ0) is 22.6. The van der Waals surface area contributed by atoms with Gasteiger partial charge in [0.05, 0.1) is 17.1 Å². The van der Waals surface area contributed by atoms with E-state index in [0.29, 0.717) is 23.4 Å². The van der Waals surface area contributed by atoms with E-state index >= 15 is 0 Å². The van der Waals surface area contributed by atoms with E-state index in [1.165, 1.54) is 28.6 Å².